The molecule has 0 N–H and O–H groups in total. The predicted octanol–water partition coefficient (Wildman–Crippen LogP) is 1.79. The molecular weight excluding hydrogens is 196 g/mol. The minimum atomic E-state index is -0.626. The van der Waals surface area contributed by atoms with E-state index in [0.717, 1.165) is 0 Å². The highest BCUT2D eigenvalue weighted by Gasteiger charge is 2.35. The second-order valence-corrected chi connectivity index (χ2v) is 4.65. The smallest absolute Gasteiger partial charge is 0.316 e. The molecule has 0 amide bonds. The summed E-state index contributed by atoms with van der Waals surface area (Å²) in [5, 5.41) is 0. The molecule has 15 heavy (non-hydrogen) atoms. The Bertz CT molecular complexity index is 333. The zero-order valence-corrected chi connectivity index (χ0v) is 9.71. The van der Waals surface area contributed by atoms with Crippen LogP contribution in [-0.4, -0.2) is 17.9 Å². The van der Waals surface area contributed by atoms with Crippen molar-refractivity contribution in [3.05, 3.63) is 11.5 Å². The number of carbonyl (C=O) groups excluding carboxylic acids is 2. The Morgan fingerprint density at radius 2 is 1.93 bits per heavy atom. The Labute approximate surface area is 89.2 Å². The fourth-order valence-corrected chi connectivity index (χ4v) is 1.10. The lowest BCUT2D eigenvalue weighted by molar-refractivity contribution is -0.150. The first kappa shape index (κ1) is 11.8. The van der Waals surface area contributed by atoms with Crippen LogP contribution < -0.4 is 0 Å². The van der Waals surface area contributed by atoms with Gasteiger partial charge in [0.05, 0.1) is 5.41 Å². The van der Waals surface area contributed by atoms with Gasteiger partial charge in [-0.05, 0) is 34.6 Å². The second kappa shape index (κ2) is 3.68. The van der Waals surface area contributed by atoms with Gasteiger partial charge in [0.15, 0.2) is 6.10 Å². The number of rotatable bonds is 1. The molecule has 1 rings (SSSR count). The molecule has 0 saturated carbocycles. The summed E-state index contributed by atoms with van der Waals surface area (Å²) in [6.45, 7) is 8.44. The predicted molar refractivity (Wildman–Crippen MR) is 53.8 cm³/mol. The van der Waals surface area contributed by atoms with Gasteiger partial charge in [-0.3, -0.25) is 9.59 Å². The summed E-state index contributed by atoms with van der Waals surface area (Å²) in [5.74, 6) is -0.277. The largest absolute Gasteiger partial charge is 0.483 e. The van der Waals surface area contributed by atoms with Gasteiger partial charge in [0.2, 0.25) is 11.5 Å². The van der Waals surface area contributed by atoms with Gasteiger partial charge in [-0.2, -0.15) is 0 Å². The van der Waals surface area contributed by atoms with Crippen LogP contribution in [0.3, 0.4) is 0 Å². The Hall–Kier alpha value is -1.32. The minimum Gasteiger partial charge on any atom is -0.483 e. The molecule has 1 atom stereocenters. The Kier molecular flexibility index (Phi) is 2.88. The Morgan fingerprint density at radius 3 is 2.27 bits per heavy atom. The van der Waals surface area contributed by atoms with Gasteiger partial charge in [-0.15, -0.1) is 0 Å². The third kappa shape index (κ3) is 2.37. The van der Waals surface area contributed by atoms with Gasteiger partial charge >= 0.3 is 5.97 Å². The molecule has 0 saturated heterocycles. The Morgan fingerprint density at radius 1 is 1.40 bits per heavy atom. The third-order valence-corrected chi connectivity index (χ3v) is 2.07. The molecule has 0 radical (unpaired) electrons. The molecule has 0 aromatic rings. The zero-order chi connectivity index (χ0) is 11.8. The molecule has 0 aromatic heterocycles. The van der Waals surface area contributed by atoms with E-state index in [-0.39, 0.29) is 11.5 Å². The fourth-order valence-electron chi connectivity index (χ4n) is 1.10. The molecule has 0 fully saturated rings. The van der Waals surface area contributed by atoms with Crippen LogP contribution >= 0.6 is 0 Å². The number of Topliss-reactive ketones (excluding diaryl/α,β-unsaturated/α-hetero) is 1. The maximum atomic E-state index is 11.6. The van der Waals surface area contributed by atoms with Crippen LogP contribution in [0.4, 0.5) is 0 Å². The van der Waals surface area contributed by atoms with E-state index >= 15 is 0 Å². The number of esters is 1. The van der Waals surface area contributed by atoms with Crippen molar-refractivity contribution in [2.45, 2.75) is 40.7 Å². The zero-order valence-electron chi connectivity index (χ0n) is 9.71. The van der Waals surface area contributed by atoms with Crippen molar-refractivity contribution in [3.8, 4) is 0 Å². The lowest BCUT2D eigenvalue weighted by Gasteiger charge is -2.16. The average molecular weight is 212 g/mol. The van der Waals surface area contributed by atoms with Crippen molar-refractivity contribution in [1.82, 2.24) is 0 Å². The maximum Gasteiger partial charge on any atom is 0.316 e. The molecular formula is C11H16O4. The lowest BCUT2D eigenvalue weighted by Crippen LogP contribution is -2.25. The van der Waals surface area contributed by atoms with Gasteiger partial charge in [0, 0.05) is 0 Å². The van der Waals surface area contributed by atoms with Gasteiger partial charge in [0.1, 0.15) is 5.76 Å². The number of allylic oxidation sites excluding steroid dienone is 1. The summed E-state index contributed by atoms with van der Waals surface area (Å²) in [6, 6.07) is 0. The normalized spacial score (nSPS) is 21.7. The van der Waals surface area contributed by atoms with E-state index in [1.54, 1.807) is 34.6 Å². The summed E-state index contributed by atoms with van der Waals surface area (Å²) in [5.41, 5.74) is -0.626. The van der Waals surface area contributed by atoms with Gasteiger partial charge in [-0.1, -0.05) is 0 Å². The van der Waals surface area contributed by atoms with E-state index in [0.29, 0.717) is 5.76 Å². The first-order chi connectivity index (χ1) is 6.73. The van der Waals surface area contributed by atoms with Crippen LogP contribution in [0.1, 0.15) is 34.6 Å². The fraction of sp³-hybridized carbons (Fsp3) is 0.636. The van der Waals surface area contributed by atoms with E-state index in [1.165, 1.54) is 0 Å². The van der Waals surface area contributed by atoms with Crippen molar-refractivity contribution in [2.75, 3.05) is 0 Å². The molecule has 0 aromatic carbocycles. The summed E-state index contributed by atoms with van der Waals surface area (Å²) in [6.07, 6.45) is -0.548. The van der Waals surface area contributed by atoms with Crippen LogP contribution in [0, 0.1) is 5.41 Å². The van der Waals surface area contributed by atoms with Crippen LogP contribution in [0.2, 0.25) is 0 Å². The summed E-state index contributed by atoms with van der Waals surface area (Å²) in [4.78, 5) is 23.1. The molecule has 4 nitrogen and oxygen atoms in total. The summed E-state index contributed by atoms with van der Waals surface area (Å²) in [7, 11) is 0. The van der Waals surface area contributed by atoms with Gasteiger partial charge in [0.25, 0.3) is 0 Å². The van der Waals surface area contributed by atoms with Crippen molar-refractivity contribution in [3.63, 3.8) is 0 Å². The highest BCUT2D eigenvalue weighted by atomic mass is 16.6. The second-order valence-electron chi connectivity index (χ2n) is 4.65. The third-order valence-electron chi connectivity index (χ3n) is 2.07. The molecule has 0 spiro atoms. The SMILES string of the molecule is CC1=C(OC(=O)C(C)(C)C)C(=O)C(C)O1. The van der Waals surface area contributed by atoms with E-state index in [4.69, 9.17) is 9.47 Å². The molecule has 4 heteroatoms. The van der Waals surface area contributed by atoms with Crippen molar-refractivity contribution < 1.29 is 19.1 Å². The highest BCUT2D eigenvalue weighted by molar-refractivity contribution is 6.01. The van der Waals surface area contributed by atoms with E-state index in [1.807, 2.05) is 0 Å². The molecule has 84 valence electrons. The van der Waals surface area contributed by atoms with Crippen LogP contribution in [0.15, 0.2) is 11.5 Å². The number of ether oxygens (including phenoxy) is 2. The number of carbonyl (C=O) groups is 2. The number of ketones is 1. The monoisotopic (exact) mass is 212 g/mol. The van der Waals surface area contributed by atoms with Crippen LogP contribution in [0.5, 0.6) is 0 Å². The van der Waals surface area contributed by atoms with E-state index in [9.17, 15) is 9.59 Å². The summed E-state index contributed by atoms with van der Waals surface area (Å²) >= 11 is 0. The number of hydrogen-bond acceptors (Lipinski definition) is 4. The van der Waals surface area contributed by atoms with Crippen molar-refractivity contribution in [2.24, 2.45) is 5.41 Å². The maximum absolute atomic E-state index is 11.6. The molecule has 1 heterocycles. The molecule has 0 aliphatic carbocycles. The van der Waals surface area contributed by atoms with Crippen molar-refractivity contribution in [1.29, 1.82) is 0 Å². The molecule has 1 unspecified atom stereocenters. The summed E-state index contributed by atoms with van der Waals surface area (Å²) < 4.78 is 10.2. The lowest BCUT2D eigenvalue weighted by atomic mass is 9.97. The molecule has 0 bridgehead atoms. The average Bonchev–Trinajstić information content (AvgIpc) is 2.30. The first-order valence-corrected chi connectivity index (χ1v) is 4.87. The highest BCUT2D eigenvalue weighted by Crippen LogP contribution is 2.25. The van der Waals surface area contributed by atoms with E-state index in [2.05, 4.69) is 0 Å². The molecule has 1 aliphatic rings. The first-order valence-electron chi connectivity index (χ1n) is 4.87. The quantitative estimate of drug-likeness (QED) is 0.622. The number of hydrogen-bond donors (Lipinski definition) is 0. The Balaban J connectivity index is 2.80. The van der Waals surface area contributed by atoms with Crippen LogP contribution in [-0.2, 0) is 19.1 Å². The standard InChI is InChI=1S/C11H16O4/c1-6-8(12)9(7(2)14-6)15-10(13)11(3,4)5/h6H,1-5H3. The minimum absolute atomic E-state index is 0.0439. The van der Waals surface area contributed by atoms with Gasteiger partial charge < -0.3 is 9.47 Å². The van der Waals surface area contributed by atoms with E-state index < -0.39 is 17.5 Å². The molecule has 1 aliphatic heterocycles. The topological polar surface area (TPSA) is 52.6 Å². The van der Waals surface area contributed by atoms with Crippen molar-refractivity contribution >= 4 is 11.8 Å². The van der Waals surface area contributed by atoms with Crippen LogP contribution in [0.25, 0.3) is 0 Å². The van der Waals surface area contributed by atoms with Gasteiger partial charge in [-0.25, -0.2) is 0 Å².